The number of nitrogens with two attached hydrogens (primary N) is 1. The molecule has 1 atom stereocenters. The van der Waals surface area contributed by atoms with Crippen LogP contribution in [0.2, 0.25) is 0 Å². The Labute approximate surface area is 161 Å². The van der Waals surface area contributed by atoms with Gasteiger partial charge >= 0.3 is 6.01 Å². The van der Waals surface area contributed by atoms with Crippen LogP contribution >= 0.6 is 0 Å². The molecule has 0 amide bonds. The second kappa shape index (κ2) is 9.73. The fraction of sp³-hybridized carbons (Fsp3) is 0.737. The van der Waals surface area contributed by atoms with Crippen molar-refractivity contribution >= 4 is 23.6 Å². The summed E-state index contributed by atoms with van der Waals surface area (Å²) in [5.41, 5.74) is 6.70. The van der Waals surface area contributed by atoms with Gasteiger partial charge in [-0.05, 0) is 44.7 Å². The van der Waals surface area contributed by atoms with Gasteiger partial charge in [-0.3, -0.25) is 4.79 Å². The highest BCUT2D eigenvalue weighted by molar-refractivity contribution is 5.87. The number of piperidine rings is 1. The third-order valence-electron chi connectivity index (χ3n) is 5.38. The summed E-state index contributed by atoms with van der Waals surface area (Å²) in [5, 5.41) is 6.54. The lowest BCUT2D eigenvalue weighted by Gasteiger charge is -2.24. The minimum atomic E-state index is -0.443. The number of ether oxygens (including phenoxy) is 1. The fourth-order valence-corrected chi connectivity index (χ4v) is 3.76. The summed E-state index contributed by atoms with van der Waals surface area (Å²) in [7, 11) is 0. The predicted octanol–water partition coefficient (Wildman–Crippen LogP) is 2.16. The van der Waals surface area contributed by atoms with Crippen molar-refractivity contribution in [3.63, 3.8) is 0 Å². The van der Waals surface area contributed by atoms with Crippen molar-refractivity contribution in [1.29, 1.82) is 0 Å². The number of hydrogen-bond acceptors (Lipinski definition) is 8. The maximum atomic E-state index is 11.5. The monoisotopic (exact) mass is 376 g/mol. The number of nitrogen functional groups attached to an aromatic ring is 1. The van der Waals surface area contributed by atoms with Crippen molar-refractivity contribution in [2.45, 2.75) is 58.0 Å². The first kappa shape index (κ1) is 19.7. The van der Waals surface area contributed by atoms with Gasteiger partial charge in [0.25, 0.3) is 0 Å². The van der Waals surface area contributed by atoms with E-state index in [-0.39, 0.29) is 6.01 Å². The molecular formula is C19H32N6O2. The Morgan fingerprint density at radius 2 is 2.07 bits per heavy atom. The van der Waals surface area contributed by atoms with E-state index in [1.165, 1.54) is 19.3 Å². The van der Waals surface area contributed by atoms with Gasteiger partial charge in [-0.15, -0.1) is 0 Å². The third kappa shape index (κ3) is 5.00. The molecule has 0 spiro atoms. The van der Waals surface area contributed by atoms with E-state index in [2.05, 4.69) is 27.5 Å². The summed E-state index contributed by atoms with van der Waals surface area (Å²) < 4.78 is 5.62. The first-order chi connectivity index (χ1) is 13.2. The number of aldehydes is 1. The second-order valence-corrected chi connectivity index (χ2v) is 7.40. The Morgan fingerprint density at radius 1 is 1.26 bits per heavy atom. The van der Waals surface area contributed by atoms with Crippen LogP contribution in [-0.4, -0.2) is 48.7 Å². The standard InChI is InChI=1S/C19H32N6O2/c1-2-3-12-27-19-23-17(20)16-18(24-19)25(15(13-26)22-16)11-5-4-6-14-7-9-21-10-8-14/h13-15,21-22H,2-12H2,1H3,(H2,20,23,24). The fourth-order valence-electron chi connectivity index (χ4n) is 3.76. The number of nitrogens with zero attached hydrogens (tertiary/aromatic N) is 3. The molecule has 8 nitrogen and oxygen atoms in total. The molecule has 0 radical (unpaired) electrons. The number of unbranched alkanes of at least 4 members (excludes halogenated alkanes) is 2. The van der Waals surface area contributed by atoms with E-state index >= 15 is 0 Å². The number of nitrogens with one attached hydrogen (secondary N) is 2. The van der Waals surface area contributed by atoms with Crippen molar-refractivity contribution in [2.24, 2.45) is 5.92 Å². The van der Waals surface area contributed by atoms with E-state index in [0.29, 0.717) is 23.9 Å². The highest BCUT2D eigenvalue weighted by atomic mass is 16.5. The zero-order chi connectivity index (χ0) is 19.1. The van der Waals surface area contributed by atoms with Crippen LogP contribution in [0, 0.1) is 5.92 Å². The number of carbonyl (C=O) groups excluding carboxylic acids is 1. The zero-order valence-corrected chi connectivity index (χ0v) is 16.2. The van der Waals surface area contributed by atoms with Crippen LogP contribution in [0.25, 0.3) is 0 Å². The van der Waals surface area contributed by atoms with Crippen LogP contribution in [0.5, 0.6) is 6.01 Å². The van der Waals surface area contributed by atoms with Gasteiger partial charge in [0, 0.05) is 6.54 Å². The Balaban J connectivity index is 1.59. The Bertz CT molecular complexity index is 620. The summed E-state index contributed by atoms with van der Waals surface area (Å²) in [6.45, 7) is 5.71. The first-order valence-corrected chi connectivity index (χ1v) is 10.2. The van der Waals surface area contributed by atoms with Gasteiger partial charge in [0.05, 0.1) is 6.61 Å². The van der Waals surface area contributed by atoms with E-state index < -0.39 is 6.17 Å². The lowest BCUT2D eigenvalue weighted by Crippen LogP contribution is -2.38. The number of fused-ring (bicyclic) bond motifs is 1. The molecule has 27 heavy (non-hydrogen) atoms. The molecule has 0 aliphatic carbocycles. The predicted molar refractivity (Wildman–Crippen MR) is 107 cm³/mol. The van der Waals surface area contributed by atoms with Gasteiger partial charge in [0.1, 0.15) is 5.69 Å². The SMILES string of the molecule is CCCCOc1nc(N)c2c(n1)N(CCCCC1CCNCC1)C(C=O)N2. The molecule has 0 saturated carbocycles. The molecule has 3 heterocycles. The largest absolute Gasteiger partial charge is 0.463 e. The minimum Gasteiger partial charge on any atom is -0.463 e. The summed E-state index contributed by atoms with van der Waals surface area (Å²) in [6, 6.07) is 0.285. The molecule has 4 N–H and O–H groups in total. The quantitative estimate of drug-likeness (QED) is 0.421. The summed E-state index contributed by atoms with van der Waals surface area (Å²) in [5.74, 6) is 1.83. The Hall–Kier alpha value is -2.09. The third-order valence-corrected chi connectivity index (χ3v) is 5.38. The van der Waals surface area contributed by atoms with Crippen molar-refractivity contribution in [2.75, 3.05) is 42.2 Å². The molecular weight excluding hydrogens is 344 g/mol. The number of hydrogen-bond donors (Lipinski definition) is 3. The molecule has 2 aliphatic rings. The van der Waals surface area contributed by atoms with Crippen LogP contribution in [0.15, 0.2) is 0 Å². The van der Waals surface area contributed by atoms with Gasteiger partial charge in [0.2, 0.25) is 0 Å². The second-order valence-electron chi connectivity index (χ2n) is 7.40. The van der Waals surface area contributed by atoms with Crippen LogP contribution in [0.4, 0.5) is 17.3 Å². The van der Waals surface area contributed by atoms with E-state index in [9.17, 15) is 4.79 Å². The lowest BCUT2D eigenvalue weighted by atomic mass is 9.92. The molecule has 1 fully saturated rings. The molecule has 1 aromatic rings. The number of anilines is 3. The topological polar surface area (TPSA) is 105 Å². The number of aromatic nitrogens is 2. The number of rotatable bonds is 10. The molecule has 150 valence electrons. The maximum absolute atomic E-state index is 11.5. The molecule has 1 aromatic heterocycles. The highest BCUT2D eigenvalue weighted by Gasteiger charge is 2.32. The summed E-state index contributed by atoms with van der Waals surface area (Å²) >= 11 is 0. The Morgan fingerprint density at radius 3 is 2.81 bits per heavy atom. The molecule has 0 bridgehead atoms. The molecule has 0 aromatic carbocycles. The van der Waals surface area contributed by atoms with E-state index in [4.69, 9.17) is 10.5 Å². The number of carbonyl (C=O) groups is 1. The van der Waals surface area contributed by atoms with Crippen LogP contribution in [0.1, 0.15) is 51.9 Å². The smallest absolute Gasteiger partial charge is 0.320 e. The van der Waals surface area contributed by atoms with Crippen LogP contribution < -0.4 is 26.0 Å². The van der Waals surface area contributed by atoms with Crippen molar-refractivity contribution in [1.82, 2.24) is 15.3 Å². The van der Waals surface area contributed by atoms with E-state index in [1.54, 1.807) is 0 Å². The Kier molecular flexibility index (Phi) is 7.09. The first-order valence-electron chi connectivity index (χ1n) is 10.2. The van der Waals surface area contributed by atoms with Crippen LogP contribution in [0.3, 0.4) is 0 Å². The van der Waals surface area contributed by atoms with Gasteiger partial charge < -0.3 is 26.0 Å². The average molecular weight is 377 g/mol. The van der Waals surface area contributed by atoms with Crippen molar-refractivity contribution < 1.29 is 9.53 Å². The van der Waals surface area contributed by atoms with E-state index in [0.717, 1.165) is 57.5 Å². The van der Waals surface area contributed by atoms with Gasteiger partial charge in [-0.2, -0.15) is 9.97 Å². The normalized spacial score (nSPS) is 19.6. The minimum absolute atomic E-state index is 0.285. The van der Waals surface area contributed by atoms with Gasteiger partial charge in [-0.1, -0.05) is 26.2 Å². The van der Waals surface area contributed by atoms with Gasteiger partial charge in [0.15, 0.2) is 24.1 Å². The summed E-state index contributed by atoms with van der Waals surface area (Å²) in [6.07, 6.45) is 8.40. The van der Waals surface area contributed by atoms with Crippen molar-refractivity contribution in [3.05, 3.63) is 0 Å². The zero-order valence-electron chi connectivity index (χ0n) is 16.2. The molecule has 1 saturated heterocycles. The molecule has 2 aliphatic heterocycles. The highest BCUT2D eigenvalue weighted by Crippen LogP contribution is 2.37. The van der Waals surface area contributed by atoms with E-state index in [1.807, 2.05) is 4.90 Å². The lowest BCUT2D eigenvalue weighted by molar-refractivity contribution is -0.108. The maximum Gasteiger partial charge on any atom is 0.320 e. The molecule has 8 heteroatoms. The molecule has 3 rings (SSSR count). The molecule has 1 unspecified atom stereocenters. The average Bonchev–Trinajstić information content (AvgIpc) is 3.04. The van der Waals surface area contributed by atoms with Crippen LogP contribution in [-0.2, 0) is 4.79 Å². The van der Waals surface area contributed by atoms with Crippen molar-refractivity contribution in [3.8, 4) is 6.01 Å². The van der Waals surface area contributed by atoms with Gasteiger partial charge in [-0.25, -0.2) is 0 Å². The summed E-state index contributed by atoms with van der Waals surface area (Å²) in [4.78, 5) is 22.3.